The maximum Gasteiger partial charge on any atom is 0.409 e. The number of hydrogen-bond donors (Lipinski definition) is 0. The Labute approximate surface area is 148 Å². The molecule has 0 N–H and O–H groups in total. The molecule has 138 valence electrons. The first-order chi connectivity index (χ1) is 12.5. The smallest absolute Gasteiger partial charge is 0.409 e. The Bertz CT molecular complexity index is 753. The van der Waals surface area contributed by atoms with Crippen LogP contribution < -0.4 is 4.84 Å². The SMILES string of the molecule is CCOC(=O)N1CCN(/[N+]([O-])=N/Oc2ccc(C#N)cc2[N+](=O)[O-])CC1. The van der Waals surface area contributed by atoms with E-state index in [1.807, 2.05) is 0 Å². The Morgan fingerprint density at radius 2 is 2.04 bits per heavy atom. The van der Waals surface area contributed by atoms with E-state index in [4.69, 9.17) is 14.8 Å². The lowest BCUT2D eigenvalue weighted by atomic mass is 10.2. The van der Waals surface area contributed by atoms with Crippen molar-refractivity contribution in [2.45, 2.75) is 6.92 Å². The molecule has 0 aromatic heterocycles. The summed E-state index contributed by atoms with van der Waals surface area (Å²) in [5.41, 5.74) is -0.397. The van der Waals surface area contributed by atoms with Crippen molar-refractivity contribution in [2.24, 2.45) is 5.28 Å². The molecule has 1 aliphatic heterocycles. The van der Waals surface area contributed by atoms with Crippen molar-refractivity contribution in [3.05, 3.63) is 39.1 Å². The molecule has 0 spiro atoms. The van der Waals surface area contributed by atoms with Crippen LogP contribution >= 0.6 is 0 Å². The van der Waals surface area contributed by atoms with E-state index in [1.165, 1.54) is 22.0 Å². The molecule has 1 fully saturated rings. The number of nitrogens with zero attached hydrogens (tertiary/aromatic N) is 6. The topological polar surface area (TPSA) is 147 Å². The Balaban J connectivity index is 2.00. The quantitative estimate of drug-likeness (QED) is 0.329. The lowest BCUT2D eigenvalue weighted by molar-refractivity contribution is -0.708. The number of nitro benzene ring substituents is 1. The minimum atomic E-state index is -0.737. The van der Waals surface area contributed by atoms with Gasteiger partial charge in [0.1, 0.15) is 0 Å². The maximum atomic E-state index is 12.0. The minimum Gasteiger partial charge on any atom is -0.569 e. The zero-order valence-electron chi connectivity index (χ0n) is 13.9. The fourth-order valence-corrected chi connectivity index (χ4v) is 2.20. The van der Waals surface area contributed by atoms with Crippen LogP contribution in [0.3, 0.4) is 0 Å². The molecule has 0 saturated carbocycles. The van der Waals surface area contributed by atoms with Crippen LogP contribution in [0.5, 0.6) is 5.75 Å². The van der Waals surface area contributed by atoms with Crippen LogP contribution in [0, 0.1) is 26.7 Å². The number of carbonyl (C=O) groups excluding carboxylic acids is 1. The van der Waals surface area contributed by atoms with Gasteiger partial charge in [0.15, 0.2) is 0 Å². The van der Waals surface area contributed by atoms with Gasteiger partial charge in [-0.2, -0.15) is 5.26 Å². The second-order valence-electron chi connectivity index (χ2n) is 5.12. The van der Waals surface area contributed by atoms with E-state index in [9.17, 15) is 20.1 Å². The second-order valence-corrected chi connectivity index (χ2v) is 5.12. The Kier molecular flexibility index (Phi) is 6.10. The average Bonchev–Trinajstić information content (AvgIpc) is 2.66. The summed E-state index contributed by atoms with van der Waals surface area (Å²) in [6.45, 7) is 2.90. The molecule has 0 unspecified atom stereocenters. The van der Waals surface area contributed by atoms with Gasteiger partial charge in [-0.3, -0.25) is 15.0 Å². The van der Waals surface area contributed by atoms with E-state index in [2.05, 4.69) is 5.28 Å². The Morgan fingerprint density at radius 1 is 1.35 bits per heavy atom. The van der Waals surface area contributed by atoms with Crippen molar-refractivity contribution in [1.29, 1.82) is 5.26 Å². The molecule has 1 aliphatic rings. The maximum absolute atomic E-state index is 12.0. The molecule has 0 aliphatic carbocycles. The molecule has 2 rings (SSSR count). The summed E-state index contributed by atoms with van der Waals surface area (Å²) < 4.78 is 4.88. The number of benzene rings is 1. The first kappa shape index (κ1) is 18.7. The summed E-state index contributed by atoms with van der Waals surface area (Å²) in [5, 5.41) is 36.3. The van der Waals surface area contributed by atoms with E-state index in [-0.39, 0.29) is 49.1 Å². The third-order valence-electron chi connectivity index (χ3n) is 3.52. The highest BCUT2D eigenvalue weighted by Gasteiger charge is 2.26. The molecule has 0 atom stereocenters. The van der Waals surface area contributed by atoms with Gasteiger partial charge in [-0.1, -0.05) is 0 Å². The van der Waals surface area contributed by atoms with Crippen LogP contribution in [0.1, 0.15) is 12.5 Å². The predicted molar refractivity (Wildman–Crippen MR) is 84.7 cm³/mol. The van der Waals surface area contributed by atoms with Crippen LogP contribution in [-0.2, 0) is 4.74 Å². The molecule has 12 nitrogen and oxygen atoms in total. The van der Waals surface area contributed by atoms with Crippen molar-refractivity contribution in [3.63, 3.8) is 0 Å². The van der Waals surface area contributed by atoms with Crippen molar-refractivity contribution >= 4 is 11.8 Å². The summed E-state index contributed by atoms with van der Waals surface area (Å²) in [6, 6.07) is 5.30. The molecule has 0 bridgehead atoms. The van der Waals surface area contributed by atoms with Crippen molar-refractivity contribution in [1.82, 2.24) is 9.91 Å². The lowest BCUT2D eigenvalue weighted by Gasteiger charge is -2.30. The number of ether oxygens (including phenoxy) is 1. The van der Waals surface area contributed by atoms with Gasteiger partial charge in [0.25, 0.3) is 0 Å². The Morgan fingerprint density at radius 3 is 2.62 bits per heavy atom. The fourth-order valence-electron chi connectivity index (χ4n) is 2.20. The molecule has 12 heteroatoms. The van der Waals surface area contributed by atoms with Crippen LogP contribution in [0.15, 0.2) is 23.5 Å². The van der Waals surface area contributed by atoms with Gasteiger partial charge in [0.05, 0.1) is 41.2 Å². The minimum absolute atomic E-state index is 0.0816. The van der Waals surface area contributed by atoms with Gasteiger partial charge in [-0.05, 0) is 19.1 Å². The molecule has 0 radical (unpaired) electrons. The van der Waals surface area contributed by atoms with Crippen molar-refractivity contribution < 1.29 is 24.3 Å². The number of piperazine rings is 1. The highest BCUT2D eigenvalue weighted by molar-refractivity contribution is 5.67. The predicted octanol–water partition coefficient (Wildman–Crippen LogP) is 1.41. The number of nitriles is 1. The number of nitro groups is 1. The summed E-state index contributed by atoms with van der Waals surface area (Å²) in [7, 11) is 0. The first-order valence-corrected chi connectivity index (χ1v) is 7.66. The number of amides is 1. The molecule has 1 amide bonds. The van der Waals surface area contributed by atoms with Crippen LogP contribution in [0.25, 0.3) is 0 Å². The molecule has 1 aromatic carbocycles. The zero-order chi connectivity index (χ0) is 19.1. The third-order valence-corrected chi connectivity index (χ3v) is 3.52. The standard InChI is InChI=1S/C14H16N6O6/c1-2-25-14(21)17-5-7-18(8-6-17)20(24)16-26-13-4-3-11(10-15)9-12(13)19(22)23/h3-4,9H,2,5-8H2,1H3/b20-16-. The average molecular weight is 364 g/mol. The van der Waals surface area contributed by atoms with Gasteiger partial charge in [-0.25, -0.2) is 4.79 Å². The highest BCUT2D eigenvalue weighted by Crippen LogP contribution is 2.28. The van der Waals surface area contributed by atoms with Gasteiger partial charge >= 0.3 is 11.8 Å². The molecular formula is C14H16N6O6. The zero-order valence-corrected chi connectivity index (χ0v) is 13.9. The van der Waals surface area contributed by atoms with Crippen molar-refractivity contribution in [3.8, 4) is 11.8 Å². The van der Waals surface area contributed by atoms with Gasteiger partial charge < -0.3 is 14.8 Å². The summed E-state index contributed by atoms with van der Waals surface area (Å²) in [4.78, 5) is 28.4. The number of hydrogen-bond acceptors (Lipinski definition) is 8. The van der Waals surface area contributed by atoms with Gasteiger partial charge in [-0.15, -0.1) is 5.01 Å². The highest BCUT2D eigenvalue weighted by atomic mass is 16.7. The monoisotopic (exact) mass is 364 g/mol. The number of hydrazine groups is 1. The van der Waals surface area contributed by atoms with E-state index >= 15 is 0 Å². The van der Waals surface area contributed by atoms with E-state index in [0.29, 0.717) is 0 Å². The molecule has 26 heavy (non-hydrogen) atoms. The van der Waals surface area contributed by atoms with E-state index < -0.39 is 16.7 Å². The van der Waals surface area contributed by atoms with Gasteiger partial charge in [0, 0.05) is 19.2 Å². The van der Waals surface area contributed by atoms with Crippen molar-refractivity contribution in [2.75, 3.05) is 32.8 Å². The van der Waals surface area contributed by atoms with Gasteiger partial charge in [0.2, 0.25) is 11.0 Å². The molecular weight excluding hydrogens is 348 g/mol. The lowest BCUT2D eigenvalue weighted by Crippen LogP contribution is -2.50. The van der Waals surface area contributed by atoms with Crippen LogP contribution in [-0.4, -0.2) is 58.7 Å². The van der Waals surface area contributed by atoms with Crippen LogP contribution in [0.2, 0.25) is 0 Å². The van der Waals surface area contributed by atoms with Crippen LogP contribution in [0.4, 0.5) is 10.5 Å². The molecule has 1 saturated heterocycles. The van der Waals surface area contributed by atoms with E-state index in [0.717, 1.165) is 6.07 Å². The summed E-state index contributed by atoms with van der Waals surface area (Å²) in [6.07, 6.45) is -0.453. The number of carbonyl (C=O) groups is 1. The second kappa shape index (κ2) is 8.47. The summed E-state index contributed by atoms with van der Waals surface area (Å²) >= 11 is 0. The summed E-state index contributed by atoms with van der Waals surface area (Å²) in [5.74, 6) is -0.264. The molecule has 1 heterocycles. The number of rotatable bonds is 5. The first-order valence-electron chi connectivity index (χ1n) is 7.66. The largest absolute Gasteiger partial charge is 0.569 e. The molecule has 1 aromatic rings. The fraction of sp³-hybridized carbons (Fsp3) is 0.429. The third kappa shape index (κ3) is 4.47. The Hall–Kier alpha value is -3.62. The normalized spacial score (nSPS) is 14.5. The van der Waals surface area contributed by atoms with E-state index in [1.54, 1.807) is 13.0 Å².